The molecule has 0 amide bonds. The molecule has 0 radical (unpaired) electrons. The van der Waals surface area contributed by atoms with Crippen LogP contribution in [0.25, 0.3) is 5.65 Å². The highest BCUT2D eigenvalue weighted by Gasteiger charge is 2.43. The van der Waals surface area contributed by atoms with Crippen molar-refractivity contribution in [2.75, 3.05) is 0 Å². The molecule has 3 rings (SSSR count). The van der Waals surface area contributed by atoms with Crippen molar-refractivity contribution >= 4 is 15.7 Å². The molecule has 11 heteroatoms. The minimum Gasteiger partial charge on any atom is -0.303 e. The molecule has 2 heterocycles. The molecule has 6 nitrogen and oxygen atoms in total. The fraction of sp³-hybridized carbons (Fsp3) is 0.143. The predicted octanol–water partition coefficient (Wildman–Crippen LogP) is 2.45. The van der Waals surface area contributed by atoms with Crippen molar-refractivity contribution in [1.82, 2.24) is 19.1 Å². The van der Waals surface area contributed by atoms with E-state index in [-0.39, 0.29) is 0 Å². The first-order valence-electron chi connectivity index (χ1n) is 6.80. The standard InChI is InChI=1S/C14H10F4N4O2S/c15-10-3-1-9(2-4-10)13(14(16,17)18)21-25(23,24)12-8-22-6-5-19-11(22)7-20-12/h1-8,13,21H. The summed E-state index contributed by atoms with van der Waals surface area (Å²) in [4.78, 5) is 7.50. The molecule has 25 heavy (non-hydrogen) atoms. The van der Waals surface area contributed by atoms with E-state index in [0.29, 0.717) is 5.65 Å². The Kier molecular flexibility index (Phi) is 4.21. The molecule has 1 atom stereocenters. The van der Waals surface area contributed by atoms with Crippen LogP contribution < -0.4 is 4.72 Å². The summed E-state index contributed by atoms with van der Waals surface area (Å²) in [6.45, 7) is 0. The Balaban J connectivity index is 1.98. The first-order chi connectivity index (χ1) is 11.7. The monoisotopic (exact) mass is 374 g/mol. The number of nitrogens with zero attached hydrogens (tertiary/aromatic N) is 3. The van der Waals surface area contributed by atoms with Gasteiger partial charge in [0.25, 0.3) is 10.0 Å². The molecule has 1 N–H and O–H groups in total. The fourth-order valence-corrected chi connectivity index (χ4v) is 3.29. The van der Waals surface area contributed by atoms with Crippen molar-refractivity contribution in [2.24, 2.45) is 0 Å². The van der Waals surface area contributed by atoms with Crippen molar-refractivity contribution in [3.63, 3.8) is 0 Å². The number of halogens is 4. The van der Waals surface area contributed by atoms with E-state index in [0.717, 1.165) is 36.7 Å². The average molecular weight is 374 g/mol. The average Bonchev–Trinajstić information content (AvgIpc) is 3.00. The lowest BCUT2D eigenvalue weighted by Gasteiger charge is -2.21. The predicted molar refractivity (Wildman–Crippen MR) is 78.5 cm³/mol. The van der Waals surface area contributed by atoms with E-state index >= 15 is 0 Å². The second kappa shape index (κ2) is 6.08. The molecular weight excluding hydrogens is 364 g/mol. The van der Waals surface area contributed by atoms with Gasteiger partial charge in [0, 0.05) is 18.6 Å². The summed E-state index contributed by atoms with van der Waals surface area (Å²) >= 11 is 0. The molecule has 3 aromatic rings. The Labute approximate surface area is 139 Å². The van der Waals surface area contributed by atoms with Gasteiger partial charge in [-0.15, -0.1) is 0 Å². The molecule has 0 saturated heterocycles. The van der Waals surface area contributed by atoms with E-state index in [1.54, 1.807) is 4.72 Å². The summed E-state index contributed by atoms with van der Waals surface area (Å²) in [7, 11) is -4.59. The van der Waals surface area contributed by atoms with Gasteiger partial charge in [-0.1, -0.05) is 12.1 Å². The van der Waals surface area contributed by atoms with Gasteiger partial charge in [-0.05, 0) is 17.7 Å². The largest absolute Gasteiger partial charge is 0.408 e. The number of sulfonamides is 1. The van der Waals surface area contributed by atoms with Crippen molar-refractivity contribution in [1.29, 1.82) is 0 Å². The lowest BCUT2D eigenvalue weighted by Crippen LogP contribution is -2.38. The lowest BCUT2D eigenvalue weighted by atomic mass is 10.1. The lowest BCUT2D eigenvalue weighted by molar-refractivity contribution is -0.153. The van der Waals surface area contributed by atoms with Gasteiger partial charge in [0.15, 0.2) is 10.7 Å². The first-order valence-corrected chi connectivity index (χ1v) is 8.28. The molecule has 0 fully saturated rings. The highest BCUT2D eigenvalue weighted by atomic mass is 32.2. The third-order valence-corrected chi connectivity index (χ3v) is 4.64. The van der Waals surface area contributed by atoms with Gasteiger partial charge in [0.2, 0.25) is 0 Å². The van der Waals surface area contributed by atoms with Gasteiger partial charge in [0.1, 0.15) is 11.9 Å². The maximum Gasteiger partial charge on any atom is 0.408 e. The zero-order chi connectivity index (χ0) is 18.2. The maximum absolute atomic E-state index is 13.3. The van der Waals surface area contributed by atoms with Crippen LogP contribution in [0.4, 0.5) is 17.6 Å². The highest BCUT2D eigenvalue weighted by molar-refractivity contribution is 7.89. The van der Waals surface area contributed by atoms with E-state index in [1.807, 2.05) is 0 Å². The van der Waals surface area contributed by atoms with Crippen molar-refractivity contribution in [3.05, 3.63) is 60.4 Å². The van der Waals surface area contributed by atoms with Crippen LogP contribution in [0, 0.1) is 5.82 Å². The van der Waals surface area contributed by atoms with Crippen molar-refractivity contribution in [3.8, 4) is 0 Å². The summed E-state index contributed by atoms with van der Waals surface area (Å²) in [6.07, 6.45) is 0.0525. The summed E-state index contributed by atoms with van der Waals surface area (Å²) in [5.74, 6) is -0.736. The topological polar surface area (TPSA) is 76.4 Å². The Morgan fingerprint density at radius 2 is 1.80 bits per heavy atom. The van der Waals surface area contributed by atoms with Crippen LogP contribution in [0.1, 0.15) is 11.6 Å². The molecule has 0 bridgehead atoms. The second-order valence-electron chi connectivity index (χ2n) is 5.07. The summed E-state index contributed by atoms with van der Waals surface area (Å²) < 4.78 is 80.3. The van der Waals surface area contributed by atoms with Gasteiger partial charge in [-0.3, -0.25) is 0 Å². The van der Waals surface area contributed by atoms with Crippen LogP contribution in [0.15, 0.2) is 54.1 Å². The molecule has 0 aliphatic rings. The first kappa shape index (κ1) is 17.3. The zero-order valence-electron chi connectivity index (χ0n) is 12.3. The number of hydrogen-bond donors (Lipinski definition) is 1. The second-order valence-corrected chi connectivity index (χ2v) is 6.73. The molecule has 0 saturated carbocycles. The van der Waals surface area contributed by atoms with Crippen LogP contribution in [0.3, 0.4) is 0 Å². The molecule has 132 valence electrons. The fourth-order valence-electron chi connectivity index (χ4n) is 2.14. The Morgan fingerprint density at radius 1 is 1.12 bits per heavy atom. The SMILES string of the molecule is O=S(=O)(NC(c1ccc(F)cc1)C(F)(F)F)c1cn2ccnc2cn1. The van der Waals surface area contributed by atoms with E-state index < -0.39 is 38.6 Å². The maximum atomic E-state index is 13.3. The van der Waals surface area contributed by atoms with Gasteiger partial charge < -0.3 is 4.40 Å². The van der Waals surface area contributed by atoms with Gasteiger partial charge in [0.05, 0.1) is 6.20 Å². The Bertz CT molecular complexity index is 1000. The van der Waals surface area contributed by atoms with Crippen LogP contribution in [-0.4, -0.2) is 29.0 Å². The van der Waals surface area contributed by atoms with E-state index in [4.69, 9.17) is 0 Å². The number of hydrogen-bond acceptors (Lipinski definition) is 4. The summed E-state index contributed by atoms with van der Waals surface area (Å²) in [5.41, 5.74) is -0.106. The number of alkyl halides is 3. The van der Waals surface area contributed by atoms with Crippen LogP contribution in [0.5, 0.6) is 0 Å². The third kappa shape index (κ3) is 3.61. The smallest absolute Gasteiger partial charge is 0.303 e. The Hall–Kier alpha value is -2.53. The normalized spacial score (nSPS) is 13.9. The van der Waals surface area contributed by atoms with Crippen molar-refractivity contribution < 1.29 is 26.0 Å². The molecule has 2 aromatic heterocycles. The minimum atomic E-state index is -4.93. The number of aromatic nitrogens is 3. The van der Waals surface area contributed by atoms with Crippen LogP contribution in [-0.2, 0) is 10.0 Å². The van der Waals surface area contributed by atoms with E-state index in [1.165, 1.54) is 16.8 Å². The number of nitrogens with one attached hydrogen (secondary N) is 1. The van der Waals surface area contributed by atoms with Crippen molar-refractivity contribution in [2.45, 2.75) is 17.2 Å². The summed E-state index contributed by atoms with van der Waals surface area (Å²) in [6, 6.07) is 0.819. The summed E-state index contributed by atoms with van der Waals surface area (Å²) in [5, 5.41) is -0.602. The van der Waals surface area contributed by atoms with E-state index in [2.05, 4.69) is 9.97 Å². The van der Waals surface area contributed by atoms with Crippen LogP contribution >= 0.6 is 0 Å². The number of fused-ring (bicyclic) bond motifs is 1. The quantitative estimate of drug-likeness (QED) is 0.712. The Morgan fingerprint density at radius 3 is 2.44 bits per heavy atom. The molecule has 0 spiro atoms. The van der Waals surface area contributed by atoms with Gasteiger partial charge >= 0.3 is 6.18 Å². The third-order valence-electron chi connectivity index (χ3n) is 3.33. The molecular formula is C14H10F4N4O2S. The molecule has 1 aromatic carbocycles. The van der Waals surface area contributed by atoms with Crippen LogP contribution in [0.2, 0.25) is 0 Å². The number of imidazole rings is 1. The van der Waals surface area contributed by atoms with E-state index in [9.17, 15) is 26.0 Å². The van der Waals surface area contributed by atoms with Gasteiger partial charge in [-0.2, -0.15) is 17.9 Å². The van der Waals surface area contributed by atoms with Gasteiger partial charge in [-0.25, -0.2) is 22.8 Å². The molecule has 0 aliphatic carbocycles. The molecule has 1 unspecified atom stereocenters. The zero-order valence-corrected chi connectivity index (χ0v) is 13.1. The number of benzene rings is 1. The minimum absolute atomic E-state index is 0.338. The molecule has 0 aliphatic heterocycles. The highest BCUT2D eigenvalue weighted by Crippen LogP contribution is 2.34. The number of rotatable bonds is 4.